The Morgan fingerprint density at radius 1 is 1.23 bits per heavy atom. The highest BCUT2D eigenvalue weighted by Gasteiger charge is 2.31. The van der Waals surface area contributed by atoms with Crippen molar-refractivity contribution in [3.63, 3.8) is 0 Å². The average molecular weight is 432 g/mol. The van der Waals surface area contributed by atoms with E-state index in [0.717, 1.165) is 18.4 Å². The number of thioether (sulfide) groups is 1. The summed E-state index contributed by atoms with van der Waals surface area (Å²) in [6, 6.07) is 12.6. The second-order valence-corrected chi connectivity index (χ2v) is 8.63. The van der Waals surface area contributed by atoms with E-state index in [0.29, 0.717) is 48.3 Å². The van der Waals surface area contributed by atoms with E-state index in [2.05, 4.69) is 0 Å². The fourth-order valence-corrected chi connectivity index (χ4v) is 4.77. The third-order valence-corrected chi connectivity index (χ3v) is 6.50. The van der Waals surface area contributed by atoms with Gasteiger partial charge in [-0.2, -0.15) is 0 Å². The van der Waals surface area contributed by atoms with Crippen LogP contribution in [0.25, 0.3) is 0 Å². The highest BCUT2D eigenvalue weighted by atomic mass is 32.2. The lowest BCUT2D eigenvalue weighted by molar-refractivity contribution is -0.127. The zero-order valence-corrected chi connectivity index (χ0v) is 17.8. The molecular weight excluding hydrogens is 405 g/mol. The number of hydrogen-bond donors (Lipinski definition) is 0. The average Bonchev–Trinajstić information content (AvgIpc) is 3.39. The highest BCUT2D eigenvalue weighted by molar-refractivity contribution is 7.99. The van der Waals surface area contributed by atoms with Crippen LogP contribution in [-0.4, -0.2) is 49.7 Å². The van der Waals surface area contributed by atoms with E-state index < -0.39 is 0 Å². The quantitative estimate of drug-likeness (QED) is 0.578. The van der Waals surface area contributed by atoms with E-state index in [1.54, 1.807) is 19.2 Å². The zero-order valence-electron chi connectivity index (χ0n) is 17.0. The number of carbonyl (C=O) groups is 1. The molecule has 2 atom stereocenters. The summed E-state index contributed by atoms with van der Waals surface area (Å²) < 4.78 is 30.8. The Morgan fingerprint density at radius 2 is 2.10 bits per heavy atom. The van der Waals surface area contributed by atoms with Crippen LogP contribution in [0.4, 0.5) is 4.39 Å². The summed E-state index contributed by atoms with van der Waals surface area (Å²) >= 11 is 1.44. The summed E-state index contributed by atoms with van der Waals surface area (Å²) in [7, 11) is 1.62. The summed E-state index contributed by atoms with van der Waals surface area (Å²) in [4.78, 5) is 15.0. The topological polar surface area (TPSA) is 48.0 Å². The minimum atomic E-state index is -0.244. The molecule has 30 heavy (non-hydrogen) atoms. The summed E-state index contributed by atoms with van der Waals surface area (Å²) in [6.07, 6.45) is 2.08. The molecule has 2 aliphatic heterocycles. The van der Waals surface area contributed by atoms with Crippen molar-refractivity contribution in [1.82, 2.24) is 4.90 Å². The number of rotatable bonds is 8. The summed E-state index contributed by atoms with van der Waals surface area (Å²) in [5.41, 5.74) is 1.06. The van der Waals surface area contributed by atoms with Crippen LogP contribution in [0.5, 0.6) is 11.5 Å². The van der Waals surface area contributed by atoms with Crippen LogP contribution in [0, 0.1) is 5.82 Å². The molecule has 0 aliphatic carbocycles. The number of methoxy groups -OCH3 is 1. The van der Waals surface area contributed by atoms with Crippen molar-refractivity contribution in [2.24, 2.45) is 0 Å². The molecule has 2 aromatic rings. The van der Waals surface area contributed by atoms with Crippen LogP contribution in [0.2, 0.25) is 0 Å². The van der Waals surface area contributed by atoms with E-state index in [1.165, 1.54) is 17.8 Å². The monoisotopic (exact) mass is 431 g/mol. The Morgan fingerprint density at radius 3 is 2.87 bits per heavy atom. The highest BCUT2D eigenvalue weighted by Crippen LogP contribution is 2.36. The predicted octanol–water partition coefficient (Wildman–Crippen LogP) is 4.46. The van der Waals surface area contributed by atoms with Crippen molar-refractivity contribution in [1.29, 1.82) is 0 Å². The lowest BCUT2D eigenvalue weighted by Crippen LogP contribution is -2.27. The van der Waals surface area contributed by atoms with Crippen molar-refractivity contribution in [2.45, 2.75) is 36.4 Å². The van der Waals surface area contributed by atoms with E-state index in [1.807, 2.05) is 29.2 Å². The molecule has 2 fully saturated rings. The van der Waals surface area contributed by atoms with E-state index >= 15 is 0 Å². The first kappa shape index (κ1) is 21.0. The lowest BCUT2D eigenvalue weighted by Gasteiger charge is -2.19. The molecule has 0 aromatic heterocycles. The standard InChI is InChI=1S/C23H26FNO4S/c1-27-19-9-8-16(13-20(19)29-23-7-4-11-28-23)17-14-22(26)25(15-17)10-12-30-21-6-3-2-5-18(21)24/h2-3,5-6,8-9,13,17,23H,4,7,10-12,14-15H2,1H3/t17-,23?/m1/s1. The molecular formula is C23H26FNO4S. The van der Waals surface area contributed by atoms with Gasteiger partial charge in [-0.15, -0.1) is 11.8 Å². The first-order chi connectivity index (χ1) is 14.6. The van der Waals surface area contributed by atoms with Gasteiger partial charge in [-0.05, 0) is 36.2 Å². The third kappa shape index (κ3) is 4.90. The van der Waals surface area contributed by atoms with Gasteiger partial charge in [0.1, 0.15) is 5.82 Å². The smallest absolute Gasteiger partial charge is 0.223 e. The number of amides is 1. The molecule has 0 bridgehead atoms. The normalized spacial score (nSPS) is 21.3. The van der Waals surface area contributed by atoms with E-state index in [4.69, 9.17) is 14.2 Å². The van der Waals surface area contributed by atoms with Crippen molar-refractivity contribution in [3.8, 4) is 11.5 Å². The van der Waals surface area contributed by atoms with Gasteiger partial charge in [0.05, 0.1) is 13.7 Å². The predicted molar refractivity (Wildman–Crippen MR) is 114 cm³/mol. The first-order valence-electron chi connectivity index (χ1n) is 10.3. The molecule has 0 spiro atoms. The van der Waals surface area contributed by atoms with Crippen molar-refractivity contribution >= 4 is 17.7 Å². The van der Waals surface area contributed by atoms with E-state index in [-0.39, 0.29) is 23.9 Å². The number of carbonyl (C=O) groups excluding carboxylic acids is 1. The van der Waals surface area contributed by atoms with Gasteiger partial charge in [0.2, 0.25) is 5.91 Å². The molecule has 2 saturated heterocycles. The van der Waals surface area contributed by atoms with Gasteiger partial charge in [0.15, 0.2) is 17.8 Å². The Kier molecular flexibility index (Phi) is 6.79. The summed E-state index contributed by atoms with van der Waals surface area (Å²) in [5.74, 6) is 2.00. The SMILES string of the molecule is COc1ccc([C@@H]2CC(=O)N(CCSc3ccccc3F)C2)cc1OC1CCCO1. The maximum atomic E-state index is 13.8. The largest absolute Gasteiger partial charge is 0.493 e. The fraction of sp³-hybridized carbons (Fsp3) is 0.435. The molecule has 1 unspecified atom stereocenters. The van der Waals surface area contributed by atoms with Gasteiger partial charge in [-0.25, -0.2) is 4.39 Å². The van der Waals surface area contributed by atoms with Crippen LogP contribution in [-0.2, 0) is 9.53 Å². The molecule has 4 rings (SSSR count). The fourth-order valence-electron chi connectivity index (χ4n) is 3.86. The molecule has 2 aliphatic rings. The lowest BCUT2D eigenvalue weighted by atomic mass is 9.98. The molecule has 0 N–H and O–H groups in total. The second-order valence-electron chi connectivity index (χ2n) is 7.49. The number of halogens is 1. The van der Waals surface area contributed by atoms with Crippen LogP contribution in [0.1, 0.15) is 30.7 Å². The Bertz CT molecular complexity index is 887. The van der Waals surface area contributed by atoms with Gasteiger partial charge in [0, 0.05) is 42.5 Å². The number of nitrogens with zero attached hydrogens (tertiary/aromatic N) is 1. The van der Waals surface area contributed by atoms with Gasteiger partial charge in [-0.3, -0.25) is 4.79 Å². The summed E-state index contributed by atoms with van der Waals surface area (Å²) in [5, 5.41) is 0. The van der Waals surface area contributed by atoms with Crippen LogP contribution in [0.15, 0.2) is 47.4 Å². The maximum Gasteiger partial charge on any atom is 0.223 e. The Balaban J connectivity index is 1.37. The molecule has 1 amide bonds. The molecule has 0 radical (unpaired) electrons. The van der Waals surface area contributed by atoms with Gasteiger partial charge in [-0.1, -0.05) is 18.2 Å². The Hall–Kier alpha value is -2.25. The van der Waals surface area contributed by atoms with Crippen LogP contribution < -0.4 is 9.47 Å². The molecule has 7 heteroatoms. The zero-order chi connectivity index (χ0) is 20.9. The number of ether oxygens (including phenoxy) is 3. The molecule has 160 valence electrons. The molecule has 2 heterocycles. The van der Waals surface area contributed by atoms with Gasteiger partial charge >= 0.3 is 0 Å². The van der Waals surface area contributed by atoms with Crippen molar-refractivity contribution in [3.05, 3.63) is 53.8 Å². The van der Waals surface area contributed by atoms with Crippen molar-refractivity contribution < 1.29 is 23.4 Å². The summed E-state index contributed by atoms with van der Waals surface area (Å²) in [6.45, 7) is 1.97. The number of benzene rings is 2. The maximum absolute atomic E-state index is 13.8. The molecule has 2 aromatic carbocycles. The second kappa shape index (κ2) is 9.71. The van der Waals surface area contributed by atoms with Crippen LogP contribution >= 0.6 is 11.8 Å². The van der Waals surface area contributed by atoms with E-state index in [9.17, 15) is 9.18 Å². The number of likely N-dealkylation sites (tertiary alicyclic amines) is 1. The molecule has 0 saturated carbocycles. The van der Waals surface area contributed by atoms with Crippen molar-refractivity contribution in [2.75, 3.05) is 32.6 Å². The minimum absolute atomic E-state index is 0.105. The molecule has 5 nitrogen and oxygen atoms in total. The van der Waals surface area contributed by atoms with Gasteiger partial charge in [0.25, 0.3) is 0 Å². The number of hydrogen-bond acceptors (Lipinski definition) is 5. The third-order valence-electron chi connectivity index (χ3n) is 5.48. The first-order valence-corrected chi connectivity index (χ1v) is 11.2. The van der Waals surface area contributed by atoms with Crippen LogP contribution in [0.3, 0.4) is 0 Å². The van der Waals surface area contributed by atoms with Gasteiger partial charge < -0.3 is 19.1 Å². The Labute approximate surface area is 180 Å². The minimum Gasteiger partial charge on any atom is -0.493 e.